The summed E-state index contributed by atoms with van der Waals surface area (Å²) in [5, 5.41) is 4.39. The van der Waals surface area contributed by atoms with Crippen molar-refractivity contribution < 1.29 is 8.78 Å². The number of para-hydroxylation sites is 2. The molecule has 0 fully saturated rings. The fourth-order valence-corrected chi connectivity index (χ4v) is 3.17. The second-order valence-electron chi connectivity index (χ2n) is 6.13. The Bertz CT molecular complexity index is 1410. The quantitative estimate of drug-likeness (QED) is 0.475. The summed E-state index contributed by atoms with van der Waals surface area (Å²) in [4.78, 5) is 21.5. The Hall–Kier alpha value is -3.94. The molecule has 0 radical (unpaired) electrons. The maximum absolute atomic E-state index is 14.4. The highest BCUT2D eigenvalue weighted by molar-refractivity contribution is 5.82. The van der Waals surface area contributed by atoms with Crippen LogP contribution in [-0.2, 0) is 0 Å². The molecule has 2 aromatic carbocycles. The first kappa shape index (κ1) is 16.2. The Balaban J connectivity index is 1.95. The van der Waals surface area contributed by atoms with Gasteiger partial charge < -0.3 is 0 Å². The fourth-order valence-electron chi connectivity index (χ4n) is 3.17. The van der Waals surface area contributed by atoms with Crippen LogP contribution in [0.2, 0.25) is 0 Å². The Morgan fingerprint density at radius 2 is 1.71 bits per heavy atom. The summed E-state index contributed by atoms with van der Waals surface area (Å²) in [6, 6.07) is 13.7. The monoisotopic (exact) mass is 375 g/mol. The zero-order valence-electron chi connectivity index (χ0n) is 14.3. The third kappa shape index (κ3) is 2.38. The van der Waals surface area contributed by atoms with Crippen molar-refractivity contribution in [2.75, 3.05) is 0 Å². The van der Waals surface area contributed by atoms with Gasteiger partial charge in [-0.3, -0.25) is 14.2 Å². The van der Waals surface area contributed by atoms with E-state index in [2.05, 4.69) is 15.1 Å². The summed E-state index contributed by atoms with van der Waals surface area (Å²) < 4.78 is 30.2. The van der Waals surface area contributed by atoms with Crippen LogP contribution in [0.15, 0.2) is 71.8 Å². The Morgan fingerprint density at radius 3 is 2.50 bits per heavy atom. The number of imidazole rings is 1. The maximum atomic E-state index is 14.4. The molecule has 0 saturated heterocycles. The zero-order valence-corrected chi connectivity index (χ0v) is 14.3. The van der Waals surface area contributed by atoms with E-state index in [0.717, 1.165) is 10.7 Å². The molecule has 6 nitrogen and oxygen atoms in total. The van der Waals surface area contributed by atoms with Gasteiger partial charge in [0.2, 0.25) is 5.65 Å². The molecule has 0 aliphatic rings. The molecule has 3 heterocycles. The van der Waals surface area contributed by atoms with E-state index in [0.29, 0.717) is 28.5 Å². The molecule has 0 aliphatic heterocycles. The average molecular weight is 375 g/mol. The van der Waals surface area contributed by atoms with E-state index in [1.807, 2.05) is 18.2 Å². The van der Waals surface area contributed by atoms with E-state index in [4.69, 9.17) is 0 Å². The molecule has 0 atom stereocenters. The van der Waals surface area contributed by atoms with E-state index >= 15 is 0 Å². The van der Waals surface area contributed by atoms with E-state index in [-0.39, 0.29) is 11.3 Å². The number of hydrogen-bond acceptors (Lipinski definition) is 4. The van der Waals surface area contributed by atoms with Crippen molar-refractivity contribution in [1.82, 2.24) is 24.1 Å². The number of fused-ring (bicyclic) bond motifs is 3. The average Bonchev–Trinajstić information content (AvgIpc) is 3.10. The number of hydrogen-bond donors (Lipinski definition) is 0. The fraction of sp³-hybridized carbons (Fsp3) is 0. The summed E-state index contributed by atoms with van der Waals surface area (Å²) >= 11 is 0. The molecule has 136 valence electrons. The smallest absolute Gasteiger partial charge is 0.270 e. The van der Waals surface area contributed by atoms with Crippen LogP contribution in [0.3, 0.4) is 0 Å². The maximum Gasteiger partial charge on any atom is 0.315 e. The van der Waals surface area contributed by atoms with Crippen molar-refractivity contribution in [2.45, 2.75) is 0 Å². The summed E-state index contributed by atoms with van der Waals surface area (Å²) in [6.45, 7) is 0. The first-order chi connectivity index (χ1) is 13.6. The number of nitrogens with zero attached hydrogens (tertiary/aromatic N) is 5. The van der Waals surface area contributed by atoms with Gasteiger partial charge >= 0.3 is 5.56 Å². The molecule has 28 heavy (non-hydrogen) atoms. The molecule has 0 bridgehead atoms. The zero-order chi connectivity index (χ0) is 19.3. The van der Waals surface area contributed by atoms with Crippen molar-refractivity contribution in [3.63, 3.8) is 0 Å². The Morgan fingerprint density at radius 1 is 0.929 bits per heavy atom. The minimum Gasteiger partial charge on any atom is -0.270 e. The summed E-state index contributed by atoms with van der Waals surface area (Å²) in [6.07, 6.45) is 3.19. The number of benzene rings is 2. The van der Waals surface area contributed by atoms with Gasteiger partial charge in [-0.2, -0.15) is 4.68 Å². The number of pyridine rings is 1. The highest BCUT2D eigenvalue weighted by Gasteiger charge is 2.19. The predicted molar refractivity (Wildman–Crippen MR) is 99.2 cm³/mol. The molecule has 0 unspecified atom stereocenters. The van der Waals surface area contributed by atoms with Gasteiger partial charge in [0.15, 0.2) is 11.6 Å². The van der Waals surface area contributed by atoms with Crippen LogP contribution in [-0.4, -0.2) is 24.1 Å². The van der Waals surface area contributed by atoms with E-state index in [9.17, 15) is 13.6 Å². The van der Waals surface area contributed by atoms with Crippen molar-refractivity contribution in [1.29, 1.82) is 0 Å². The second kappa shape index (κ2) is 6.05. The van der Waals surface area contributed by atoms with Gasteiger partial charge in [-0.05, 0) is 36.4 Å². The van der Waals surface area contributed by atoms with Crippen LogP contribution in [0.5, 0.6) is 0 Å². The third-order valence-electron chi connectivity index (χ3n) is 4.43. The molecule has 0 amide bonds. The van der Waals surface area contributed by atoms with Crippen LogP contribution >= 0.6 is 0 Å². The number of halogens is 2. The standard InChI is InChI=1S/C20H11F2N5O/c21-13-5-6-16(14(22)11-13)27-20(28)19-24-15-3-1-2-4-17(15)26(19)18(25-27)12-7-9-23-10-8-12/h1-11H. The van der Waals surface area contributed by atoms with E-state index in [1.54, 1.807) is 35.0 Å². The number of rotatable bonds is 2. The van der Waals surface area contributed by atoms with E-state index < -0.39 is 17.2 Å². The van der Waals surface area contributed by atoms with Crippen LogP contribution in [0, 0.1) is 11.6 Å². The lowest BCUT2D eigenvalue weighted by Crippen LogP contribution is -2.26. The molecule has 0 spiro atoms. The summed E-state index contributed by atoms with van der Waals surface area (Å²) in [5.74, 6) is -1.25. The number of aromatic nitrogens is 5. The first-order valence-corrected chi connectivity index (χ1v) is 8.40. The van der Waals surface area contributed by atoms with Crippen LogP contribution < -0.4 is 5.56 Å². The SMILES string of the molecule is O=c1c2nc3ccccc3n2c(-c2ccncc2)nn1-c1ccc(F)cc1F. The van der Waals surface area contributed by atoms with E-state index in [1.165, 1.54) is 6.07 Å². The third-order valence-corrected chi connectivity index (χ3v) is 4.43. The highest BCUT2D eigenvalue weighted by atomic mass is 19.1. The normalized spacial score (nSPS) is 11.4. The van der Waals surface area contributed by atoms with Crippen molar-refractivity contribution in [2.24, 2.45) is 0 Å². The van der Waals surface area contributed by atoms with Gasteiger partial charge in [0, 0.05) is 24.0 Å². The molecular formula is C20H11F2N5O. The van der Waals surface area contributed by atoms with Crippen molar-refractivity contribution in [3.8, 4) is 17.1 Å². The molecule has 3 aromatic heterocycles. The lowest BCUT2D eigenvalue weighted by Gasteiger charge is -2.11. The Labute approximate surface area is 156 Å². The summed E-state index contributed by atoms with van der Waals surface area (Å²) in [7, 11) is 0. The Kier molecular flexibility index (Phi) is 3.51. The summed E-state index contributed by atoms with van der Waals surface area (Å²) in [5.41, 5.74) is 1.29. The lowest BCUT2D eigenvalue weighted by atomic mass is 10.2. The van der Waals surface area contributed by atoms with Gasteiger partial charge in [-0.15, -0.1) is 5.10 Å². The van der Waals surface area contributed by atoms with Crippen molar-refractivity contribution >= 4 is 16.7 Å². The topological polar surface area (TPSA) is 65.1 Å². The highest BCUT2D eigenvalue weighted by Crippen LogP contribution is 2.23. The lowest BCUT2D eigenvalue weighted by molar-refractivity contribution is 0.570. The molecular weight excluding hydrogens is 364 g/mol. The molecule has 5 aromatic rings. The first-order valence-electron chi connectivity index (χ1n) is 8.40. The van der Waals surface area contributed by atoms with Crippen LogP contribution in [0.25, 0.3) is 33.8 Å². The largest absolute Gasteiger partial charge is 0.315 e. The molecule has 5 rings (SSSR count). The second-order valence-corrected chi connectivity index (χ2v) is 6.13. The predicted octanol–water partition coefficient (Wildman–Crippen LogP) is 3.37. The molecule has 0 N–H and O–H groups in total. The van der Waals surface area contributed by atoms with Gasteiger partial charge in [-0.1, -0.05) is 12.1 Å². The van der Waals surface area contributed by atoms with Crippen LogP contribution in [0.4, 0.5) is 8.78 Å². The minimum atomic E-state index is -0.893. The van der Waals surface area contributed by atoms with Crippen LogP contribution in [0.1, 0.15) is 0 Å². The van der Waals surface area contributed by atoms with Gasteiger partial charge in [0.05, 0.1) is 11.0 Å². The molecule has 0 aliphatic carbocycles. The van der Waals surface area contributed by atoms with Gasteiger partial charge in [0.1, 0.15) is 11.5 Å². The van der Waals surface area contributed by atoms with Crippen molar-refractivity contribution in [3.05, 3.63) is 89.0 Å². The molecule has 0 saturated carbocycles. The minimum absolute atomic E-state index is 0.0896. The molecule has 8 heteroatoms. The van der Waals surface area contributed by atoms with Gasteiger partial charge in [-0.25, -0.2) is 13.8 Å². The van der Waals surface area contributed by atoms with Gasteiger partial charge in [0.25, 0.3) is 0 Å².